The number of sulfonamides is 1. The van der Waals surface area contributed by atoms with Gasteiger partial charge in [0.05, 0.1) is 5.56 Å². The predicted molar refractivity (Wildman–Crippen MR) is 72.3 cm³/mol. The summed E-state index contributed by atoms with van der Waals surface area (Å²) < 4.78 is 25.3. The molecule has 0 saturated heterocycles. The Labute approximate surface area is 111 Å². The lowest BCUT2D eigenvalue weighted by Gasteiger charge is -2.14. The predicted octanol–water partition coefficient (Wildman–Crippen LogP) is 1.97. The van der Waals surface area contributed by atoms with Crippen molar-refractivity contribution in [1.29, 1.82) is 0 Å². The van der Waals surface area contributed by atoms with Gasteiger partial charge >= 0.3 is 0 Å². The van der Waals surface area contributed by atoms with E-state index in [1.807, 2.05) is 6.26 Å². The smallest absolute Gasteiger partial charge is 0.268 e. The van der Waals surface area contributed by atoms with E-state index in [-0.39, 0.29) is 11.4 Å². The fraction of sp³-hybridized carbons (Fsp3) is 0.417. The Morgan fingerprint density at radius 3 is 2.61 bits per heavy atom. The maximum atomic E-state index is 12.2. The quantitative estimate of drug-likeness (QED) is 0.776. The zero-order valence-electron chi connectivity index (χ0n) is 10.1. The molecular formula is C12H15NO3S2. The number of carbonyl (C=O) groups excluding carboxylic acids is 1. The van der Waals surface area contributed by atoms with E-state index in [0.29, 0.717) is 12.0 Å². The molecule has 6 heteroatoms. The molecule has 0 unspecified atom stereocenters. The van der Waals surface area contributed by atoms with Crippen molar-refractivity contribution < 1.29 is 13.2 Å². The summed E-state index contributed by atoms with van der Waals surface area (Å²) in [6.07, 6.45) is 3.63. The summed E-state index contributed by atoms with van der Waals surface area (Å²) in [4.78, 5) is 12.2. The van der Waals surface area contributed by atoms with Crippen LogP contribution in [-0.2, 0) is 10.0 Å². The highest BCUT2D eigenvalue weighted by Crippen LogP contribution is 2.29. The molecule has 0 aliphatic carbocycles. The molecule has 0 spiro atoms. The third-order valence-electron chi connectivity index (χ3n) is 2.87. The molecule has 0 N–H and O–H groups in total. The molecule has 1 amide bonds. The molecule has 0 saturated carbocycles. The maximum Gasteiger partial charge on any atom is 0.269 e. The van der Waals surface area contributed by atoms with E-state index < -0.39 is 15.9 Å². The van der Waals surface area contributed by atoms with E-state index in [4.69, 9.17) is 0 Å². The largest absolute Gasteiger partial charge is 0.269 e. The van der Waals surface area contributed by atoms with Gasteiger partial charge in [-0.15, -0.1) is 0 Å². The van der Waals surface area contributed by atoms with Crippen LogP contribution in [0.2, 0.25) is 0 Å². The first kappa shape index (κ1) is 13.4. The van der Waals surface area contributed by atoms with E-state index in [1.54, 1.807) is 30.0 Å². The molecule has 18 heavy (non-hydrogen) atoms. The highest BCUT2D eigenvalue weighted by molar-refractivity contribution is 7.98. The fourth-order valence-electron chi connectivity index (χ4n) is 1.95. The van der Waals surface area contributed by atoms with Gasteiger partial charge < -0.3 is 0 Å². The van der Waals surface area contributed by atoms with Crippen LogP contribution < -0.4 is 0 Å². The molecule has 0 atom stereocenters. The number of fused-ring (bicyclic) bond motifs is 1. The van der Waals surface area contributed by atoms with Gasteiger partial charge in [0.15, 0.2) is 0 Å². The van der Waals surface area contributed by atoms with Crippen LogP contribution in [-0.4, -0.2) is 37.2 Å². The van der Waals surface area contributed by atoms with E-state index in [9.17, 15) is 13.2 Å². The van der Waals surface area contributed by atoms with E-state index >= 15 is 0 Å². The van der Waals surface area contributed by atoms with Crippen LogP contribution >= 0.6 is 11.8 Å². The van der Waals surface area contributed by atoms with Crippen LogP contribution in [0, 0.1) is 0 Å². The first-order chi connectivity index (χ1) is 8.59. The van der Waals surface area contributed by atoms with Gasteiger partial charge in [0.2, 0.25) is 0 Å². The molecule has 1 aliphatic heterocycles. The van der Waals surface area contributed by atoms with Crippen molar-refractivity contribution in [2.24, 2.45) is 0 Å². The lowest BCUT2D eigenvalue weighted by atomic mass is 10.2. The maximum absolute atomic E-state index is 12.2. The van der Waals surface area contributed by atoms with Crippen molar-refractivity contribution in [3.8, 4) is 0 Å². The third-order valence-corrected chi connectivity index (χ3v) is 5.41. The summed E-state index contributed by atoms with van der Waals surface area (Å²) in [5.41, 5.74) is 0.294. The molecule has 1 aromatic rings. The molecule has 4 nitrogen and oxygen atoms in total. The Balaban J connectivity index is 2.18. The highest BCUT2D eigenvalue weighted by Gasteiger charge is 2.40. The minimum Gasteiger partial charge on any atom is -0.268 e. The topological polar surface area (TPSA) is 54.5 Å². The van der Waals surface area contributed by atoms with Crippen molar-refractivity contribution in [3.05, 3.63) is 29.8 Å². The number of hydrogen-bond donors (Lipinski definition) is 0. The average Bonchev–Trinajstić information content (AvgIpc) is 2.55. The van der Waals surface area contributed by atoms with Gasteiger partial charge in [0.1, 0.15) is 4.90 Å². The fourth-order valence-corrected chi connectivity index (χ4v) is 4.05. The van der Waals surface area contributed by atoms with Crippen LogP contribution in [0.5, 0.6) is 0 Å². The van der Waals surface area contributed by atoms with Crippen molar-refractivity contribution in [1.82, 2.24) is 4.31 Å². The van der Waals surface area contributed by atoms with E-state index in [2.05, 4.69) is 0 Å². The first-order valence-corrected chi connectivity index (χ1v) is 8.57. The number of thioether (sulfide) groups is 1. The zero-order valence-corrected chi connectivity index (χ0v) is 11.8. The summed E-state index contributed by atoms with van der Waals surface area (Å²) in [5, 5.41) is 0. The van der Waals surface area contributed by atoms with Crippen molar-refractivity contribution in [3.63, 3.8) is 0 Å². The van der Waals surface area contributed by atoms with Gasteiger partial charge in [-0.05, 0) is 37.0 Å². The highest BCUT2D eigenvalue weighted by atomic mass is 32.2. The number of unbranched alkanes of at least 4 members (excludes halogenated alkanes) is 1. The molecule has 0 fully saturated rings. The Morgan fingerprint density at radius 1 is 1.22 bits per heavy atom. The lowest BCUT2D eigenvalue weighted by Crippen LogP contribution is -2.31. The van der Waals surface area contributed by atoms with Crippen LogP contribution in [0.25, 0.3) is 0 Å². The third kappa shape index (κ3) is 2.27. The van der Waals surface area contributed by atoms with Crippen LogP contribution in [0.4, 0.5) is 0 Å². The van der Waals surface area contributed by atoms with Gasteiger partial charge in [0, 0.05) is 6.54 Å². The minimum absolute atomic E-state index is 0.139. The Bertz CT molecular complexity index is 554. The molecule has 1 aromatic carbocycles. The Morgan fingerprint density at radius 2 is 1.94 bits per heavy atom. The second-order valence-electron chi connectivity index (χ2n) is 4.08. The van der Waals surface area contributed by atoms with Gasteiger partial charge in [-0.3, -0.25) is 4.79 Å². The molecule has 1 aliphatic rings. The summed E-state index contributed by atoms with van der Waals surface area (Å²) in [6, 6.07) is 6.38. The van der Waals surface area contributed by atoms with Crippen molar-refractivity contribution >= 4 is 27.7 Å². The summed E-state index contributed by atoms with van der Waals surface area (Å²) in [6.45, 7) is 0.274. The van der Waals surface area contributed by atoms with Gasteiger partial charge in [-0.2, -0.15) is 11.8 Å². The monoisotopic (exact) mass is 285 g/mol. The average molecular weight is 285 g/mol. The summed E-state index contributed by atoms with van der Waals surface area (Å²) in [7, 11) is -3.61. The van der Waals surface area contributed by atoms with Crippen LogP contribution in [0.15, 0.2) is 29.2 Å². The number of carbonyl (C=O) groups is 1. The van der Waals surface area contributed by atoms with Crippen LogP contribution in [0.3, 0.4) is 0 Å². The lowest BCUT2D eigenvalue weighted by molar-refractivity contribution is 0.0870. The summed E-state index contributed by atoms with van der Waals surface area (Å²) in [5.74, 6) is 0.587. The Hall–Kier alpha value is -1.01. The van der Waals surface area contributed by atoms with Crippen molar-refractivity contribution in [2.45, 2.75) is 17.7 Å². The van der Waals surface area contributed by atoms with Gasteiger partial charge in [-0.25, -0.2) is 12.7 Å². The standard InChI is InChI=1S/C12H15NO3S2/c1-17-9-5-4-8-13-12(14)10-6-2-3-7-11(10)18(13,15)16/h2-3,6-7H,4-5,8-9H2,1H3. The van der Waals surface area contributed by atoms with E-state index in [1.165, 1.54) is 6.07 Å². The number of hydrogen-bond acceptors (Lipinski definition) is 4. The number of benzene rings is 1. The molecular weight excluding hydrogens is 270 g/mol. The molecule has 98 valence electrons. The Kier molecular flexibility index (Phi) is 3.97. The molecule has 1 heterocycles. The second kappa shape index (κ2) is 5.32. The first-order valence-electron chi connectivity index (χ1n) is 5.74. The molecule has 0 radical (unpaired) electrons. The van der Waals surface area contributed by atoms with Gasteiger partial charge in [0.25, 0.3) is 15.9 Å². The number of rotatable bonds is 5. The normalized spacial score (nSPS) is 16.9. The van der Waals surface area contributed by atoms with Gasteiger partial charge in [-0.1, -0.05) is 12.1 Å². The van der Waals surface area contributed by atoms with E-state index in [0.717, 1.165) is 16.5 Å². The summed E-state index contributed by atoms with van der Waals surface area (Å²) >= 11 is 1.72. The number of nitrogens with zero attached hydrogens (tertiary/aromatic N) is 1. The molecule has 2 rings (SSSR count). The number of amides is 1. The SMILES string of the molecule is CSCCCCN1C(=O)c2ccccc2S1(=O)=O. The minimum atomic E-state index is -3.61. The zero-order chi connectivity index (χ0) is 13.2. The second-order valence-corrected chi connectivity index (χ2v) is 6.89. The van der Waals surface area contributed by atoms with Crippen LogP contribution in [0.1, 0.15) is 23.2 Å². The molecule has 0 aromatic heterocycles. The molecule has 0 bridgehead atoms. The van der Waals surface area contributed by atoms with Crippen molar-refractivity contribution in [2.75, 3.05) is 18.6 Å².